The van der Waals surface area contributed by atoms with Gasteiger partial charge in [0.25, 0.3) is 0 Å². The topological polar surface area (TPSA) is 54.5 Å². The molecule has 0 saturated heterocycles. The zero-order chi connectivity index (χ0) is 22.5. The van der Waals surface area contributed by atoms with Crippen LogP contribution in [-0.2, 0) is 0 Å². The Morgan fingerprint density at radius 1 is 1.13 bits per heavy atom. The van der Waals surface area contributed by atoms with Crippen molar-refractivity contribution < 1.29 is 18.3 Å². The van der Waals surface area contributed by atoms with Crippen molar-refractivity contribution in [2.24, 2.45) is 5.92 Å². The highest BCUT2D eigenvalue weighted by molar-refractivity contribution is 6.03. The van der Waals surface area contributed by atoms with Crippen LogP contribution in [0.4, 0.5) is 25.0 Å². The third-order valence-electron chi connectivity index (χ3n) is 5.83. The van der Waals surface area contributed by atoms with Crippen molar-refractivity contribution in [2.45, 2.75) is 71.9 Å². The Labute approximate surface area is 182 Å². The van der Waals surface area contributed by atoms with E-state index in [9.17, 15) is 13.6 Å². The van der Waals surface area contributed by atoms with Crippen LogP contribution in [0.5, 0.6) is 5.88 Å². The van der Waals surface area contributed by atoms with E-state index in [1.54, 1.807) is 24.0 Å². The molecule has 0 unspecified atom stereocenters. The third-order valence-corrected chi connectivity index (χ3v) is 5.83. The molecule has 1 aromatic heterocycles. The highest BCUT2D eigenvalue weighted by Gasteiger charge is 2.31. The maximum Gasteiger partial charge on any atom is 0.388 e. The Bertz CT molecular complexity index is 896. The smallest absolute Gasteiger partial charge is 0.388 e. The van der Waals surface area contributed by atoms with E-state index in [0.29, 0.717) is 11.6 Å². The predicted octanol–water partition coefficient (Wildman–Crippen LogP) is 6.73. The minimum Gasteiger partial charge on any atom is -0.415 e. The van der Waals surface area contributed by atoms with Gasteiger partial charge in [-0.3, -0.25) is 4.90 Å². The molecule has 1 N–H and O–H groups in total. The van der Waals surface area contributed by atoms with Gasteiger partial charge in [0.15, 0.2) is 0 Å². The zero-order valence-electron chi connectivity index (χ0n) is 18.6. The zero-order valence-corrected chi connectivity index (χ0v) is 18.6. The second-order valence-corrected chi connectivity index (χ2v) is 8.61. The van der Waals surface area contributed by atoms with Gasteiger partial charge in [-0.25, -0.2) is 9.78 Å². The summed E-state index contributed by atoms with van der Waals surface area (Å²) in [4.78, 5) is 19.4. The third kappa shape index (κ3) is 5.71. The second kappa shape index (κ2) is 10.1. The fraction of sp³-hybridized carbons (Fsp3) is 0.500. The first kappa shape index (κ1) is 23.0. The van der Waals surface area contributed by atoms with E-state index in [1.165, 1.54) is 0 Å². The molecule has 0 aliphatic heterocycles. The highest BCUT2D eigenvalue weighted by Crippen LogP contribution is 2.35. The summed E-state index contributed by atoms with van der Waals surface area (Å²) in [5.74, 6) is 0.583. The average molecular weight is 432 g/mol. The van der Waals surface area contributed by atoms with Crippen LogP contribution in [0, 0.1) is 12.8 Å². The van der Waals surface area contributed by atoms with Crippen LogP contribution in [0.3, 0.4) is 0 Å². The van der Waals surface area contributed by atoms with Crippen LogP contribution in [0.1, 0.15) is 63.6 Å². The Balaban J connectivity index is 1.96. The molecule has 1 heterocycles. The lowest BCUT2D eigenvalue weighted by atomic mass is 9.86. The van der Waals surface area contributed by atoms with Gasteiger partial charge in [0.1, 0.15) is 5.69 Å². The number of anilines is 2. The number of aryl methyl sites for hydroxylation is 1. The molecule has 31 heavy (non-hydrogen) atoms. The first-order valence-corrected chi connectivity index (χ1v) is 10.9. The molecule has 3 rings (SSSR count). The van der Waals surface area contributed by atoms with Gasteiger partial charge in [-0.05, 0) is 68.2 Å². The van der Waals surface area contributed by atoms with Gasteiger partial charge in [0.2, 0.25) is 5.88 Å². The molecule has 0 bridgehead atoms. The number of carbonyl (C=O) groups excluding carboxylic acids is 1. The lowest BCUT2D eigenvalue weighted by Crippen LogP contribution is -2.45. The van der Waals surface area contributed by atoms with E-state index in [2.05, 4.69) is 35.8 Å². The van der Waals surface area contributed by atoms with Gasteiger partial charge in [-0.1, -0.05) is 39.0 Å². The summed E-state index contributed by atoms with van der Waals surface area (Å²) in [6.45, 7) is 5.07. The summed E-state index contributed by atoms with van der Waals surface area (Å²) in [6.07, 6.45) is 3.88. The maximum absolute atomic E-state index is 13.5. The van der Waals surface area contributed by atoms with E-state index in [-0.39, 0.29) is 29.6 Å². The van der Waals surface area contributed by atoms with E-state index >= 15 is 0 Å². The van der Waals surface area contributed by atoms with Gasteiger partial charge in [0.05, 0.1) is 0 Å². The van der Waals surface area contributed by atoms with Gasteiger partial charge in [0, 0.05) is 17.4 Å². The fourth-order valence-electron chi connectivity index (χ4n) is 4.15. The Kier molecular flexibility index (Phi) is 7.46. The van der Waals surface area contributed by atoms with Crippen molar-refractivity contribution in [2.75, 3.05) is 10.2 Å². The lowest BCUT2D eigenvalue weighted by Gasteiger charge is -2.37. The lowest BCUT2D eigenvalue weighted by molar-refractivity contribution is -0.0523. The number of halogens is 2. The van der Waals surface area contributed by atoms with Crippen molar-refractivity contribution in [3.05, 3.63) is 47.7 Å². The second-order valence-electron chi connectivity index (χ2n) is 8.61. The van der Waals surface area contributed by atoms with Crippen LogP contribution >= 0.6 is 0 Å². The molecule has 1 saturated carbocycles. The van der Waals surface area contributed by atoms with Gasteiger partial charge in [-0.15, -0.1) is 0 Å². The molecular weight excluding hydrogens is 400 g/mol. The molecule has 1 aliphatic carbocycles. The Hall–Kier alpha value is -2.70. The van der Waals surface area contributed by atoms with Crippen molar-refractivity contribution in [3.8, 4) is 5.88 Å². The minimum absolute atomic E-state index is 0.0361. The number of urea groups is 1. The predicted molar refractivity (Wildman–Crippen MR) is 119 cm³/mol. The summed E-state index contributed by atoms with van der Waals surface area (Å²) in [6, 6.07) is 10.8. The first-order valence-electron chi connectivity index (χ1n) is 10.9. The number of alkyl halides is 2. The number of nitrogens with zero attached hydrogens (tertiary/aromatic N) is 2. The SMILES string of the molecule is Cc1ccc(NC(=O)N(c2ccccc2C(C)C)C2CCC(C)CC2)c(OC(F)F)n1. The summed E-state index contributed by atoms with van der Waals surface area (Å²) >= 11 is 0. The molecule has 168 valence electrons. The molecule has 1 fully saturated rings. The summed E-state index contributed by atoms with van der Waals surface area (Å²) in [5.41, 5.74) is 2.58. The molecule has 2 aromatic rings. The number of nitrogens with one attached hydrogen (secondary N) is 1. The molecular formula is C24H31F2N3O2. The Morgan fingerprint density at radius 3 is 2.45 bits per heavy atom. The van der Waals surface area contributed by atoms with Gasteiger partial charge < -0.3 is 10.1 Å². The molecule has 1 aliphatic rings. The van der Waals surface area contributed by atoms with Crippen LogP contribution in [0.15, 0.2) is 36.4 Å². The molecule has 1 aromatic carbocycles. The highest BCUT2D eigenvalue weighted by atomic mass is 19.3. The molecule has 0 spiro atoms. The number of carbonyl (C=O) groups is 1. The van der Waals surface area contributed by atoms with Gasteiger partial charge >= 0.3 is 12.6 Å². The normalized spacial score (nSPS) is 18.8. The number of aromatic nitrogens is 1. The molecule has 7 heteroatoms. The quantitative estimate of drug-likeness (QED) is 0.551. The van der Waals surface area contributed by atoms with E-state index in [4.69, 9.17) is 0 Å². The number of amides is 2. The molecule has 0 radical (unpaired) electrons. The first-order chi connectivity index (χ1) is 14.8. The van der Waals surface area contributed by atoms with Crippen LogP contribution in [-0.4, -0.2) is 23.7 Å². The minimum atomic E-state index is -3.03. The van der Waals surface area contributed by atoms with Crippen LogP contribution in [0.25, 0.3) is 0 Å². The van der Waals surface area contributed by atoms with Crippen LogP contribution < -0.4 is 15.0 Å². The maximum atomic E-state index is 13.5. The number of para-hydroxylation sites is 1. The molecule has 0 atom stereocenters. The molecule has 2 amide bonds. The van der Waals surface area contributed by atoms with Crippen molar-refractivity contribution in [1.82, 2.24) is 4.98 Å². The van der Waals surface area contributed by atoms with Gasteiger partial charge in [-0.2, -0.15) is 8.78 Å². The summed E-state index contributed by atoms with van der Waals surface area (Å²) in [5, 5.41) is 2.78. The summed E-state index contributed by atoms with van der Waals surface area (Å²) < 4.78 is 30.3. The monoisotopic (exact) mass is 431 g/mol. The van der Waals surface area contributed by atoms with Crippen LogP contribution in [0.2, 0.25) is 0 Å². The number of hydrogen-bond acceptors (Lipinski definition) is 3. The number of ether oxygens (including phenoxy) is 1. The van der Waals surface area contributed by atoms with E-state index < -0.39 is 6.61 Å². The largest absolute Gasteiger partial charge is 0.415 e. The average Bonchev–Trinajstić information content (AvgIpc) is 2.71. The fourth-order valence-corrected chi connectivity index (χ4v) is 4.15. The van der Waals surface area contributed by atoms with E-state index in [0.717, 1.165) is 36.9 Å². The van der Waals surface area contributed by atoms with E-state index in [1.807, 2.05) is 24.3 Å². The van der Waals surface area contributed by atoms with Crippen molar-refractivity contribution >= 4 is 17.4 Å². The number of rotatable bonds is 6. The number of pyridine rings is 1. The van der Waals surface area contributed by atoms with Crippen molar-refractivity contribution in [3.63, 3.8) is 0 Å². The number of hydrogen-bond donors (Lipinski definition) is 1. The summed E-state index contributed by atoms with van der Waals surface area (Å²) in [7, 11) is 0. The Morgan fingerprint density at radius 2 is 1.81 bits per heavy atom. The molecule has 5 nitrogen and oxygen atoms in total. The number of benzene rings is 1. The standard InChI is InChI=1S/C24H31F2N3O2/c1-15(2)19-7-5-6-8-21(19)29(18-12-9-16(3)10-13-18)24(30)28-20-14-11-17(4)27-22(20)31-23(25)26/h5-8,11,14-16,18,23H,9-10,12-13H2,1-4H3,(H,28,30). The van der Waals surface area contributed by atoms with Crippen molar-refractivity contribution in [1.29, 1.82) is 0 Å².